The van der Waals surface area contributed by atoms with Crippen LogP contribution in [0.4, 0.5) is 4.39 Å². The molecule has 43 heavy (non-hydrogen) atoms. The molecule has 4 aromatic rings. The highest BCUT2D eigenvalue weighted by molar-refractivity contribution is 8.13. The Bertz CT molecular complexity index is 1630. The molecule has 10 heteroatoms. The van der Waals surface area contributed by atoms with E-state index in [2.05, 4.69) is 27.4 Å². The zero-order chi connectivity index (χ0) is 30.5. The summed E-state index contributed by atoms with van der Waals surface area (Å²) in [6, 6.07) is 14.5. The van der Waals surface area contributed by atoms with Crippen molar-refractivity contribution < 1.29 is 4.39 Å². The van der Waals surface area contributed by atoms with Crippen molar-refractivity contribution in [3.63, 3.8) is 0 Å². The average molecular weight is 604 g/mol. The van der Waals surface area contributed by atoms with Crippen molar-refractivity contribution in [2.45, 2.75) is 83.3 Å². The third-order valence-corrected chi connectivity index (χ3v) is 9.04. The summed E-state index contributed by atoms with van der Waals surface area (Å²) in [6.07, 6.45) is 9.33. The molecule has 1 fully saturated rings. The van der Waals surface area contributed by atoms with E-state index in [1.807, 2.05) is 44.2 Å². The third-order valence-electron chi connectivity index (χ3n) is 8.29. The summed E-state index contributed by atoms with van der Waals surface area (Å²) >= 11 is 1.39. The second kappa shape index (κ2) is 13.9. The number of thioether (sulfide) groups is 1. The Morgan fingerprint density at radius 3 is 2.74 bits per heavy atom. The third kappa shape index (κ3) is 7.55. The van der Waals surface area contributed by atoms with Gasteiger partial charge in [0.2, 0.25) is 0 Å². The molecule has 228 valence electrons. The first-order valence-electron chi connectivity index (χ1n) is 15.2. The van der Waals surface area contributed by atoms with E-state index in [0.717, 1.165) is 67.3 Å². The number of nitrogens with zero attached hydrogens (tertiary/aromatic N) is 2. The van der Waals surface area contributed by atoms with Crippen LogP contribution in [-0.2, 0) is 12.8 Å². The van der Waals surface area contributed by atoms with E-state index in [9.17, 15) is 4.79 Å². The van der Waals surface area contributed by atoms with Gasteiger partial charge in [-0.3, -0.25) is 9.98 Å². The second-order valence-electron chi connectivity index (χ2n) is 11.7. The van der Waals surface area contributed by atoms with E-state index in [0.29, 0.717) is 34.9 Å². The molecular formula is C33H42FN7OS. The van der Waals surface area contributed by atoms with E-state index >= 15 is 4.39 Å². The van der Waals surface area contributed by atoms with Crippen LogP contribution in [-0.4, -0.2) is 37.5 Å². The highest BCUT2D eigenvalue weighted by atomic mass is 32.2. The minimum Gasteiger partial charge on any atom is -0.379 e. The van der Waals surface area contributed by atoms with Crippen LogP contribution in [0.3, 0.4) is 0 Å². The molecular weight excluding hydrogens is 561 g/mol. The zero-order valence-electron chi connectivity index (χ0n) is 25.0. The summed E-state index contributed by atoms with van der Waals surface area (Å²) in [7, 11) is 0. The van der Waals surface area contributed by atoms with Gasteiger partial charge in [-0.15, -0.1) is 0 Å². The topological polar surface area (TPSA) is 139 Å². The molecule has 5 rings (SSSR count). The number of piperidine rings is 1. The van der Waals surface area contributed by atoms with Gasteiger partial charge in [-0.05, 0) is 92.8 Å². The number of benzene rings is 2. The number of hydrogen-bond acceptors (Lipinski definition) is 6. The lowest BCUT2D eigenvalue weighted by molar-refractivity contribution is 0.320. The number of aryl methyl sites for hydroxylation is 2. The Morgan fingerprint density at radius 1 is 1.23 bits per heavy atom. The van der Waals surface area contributed by atoms with Crippen LogP contribution in [0.1, 0.15) is 75.1 Å². The normalized spacial score (nSPS) is 17.8. The number of nitrogens with two attached hydrogens (primary N) is 2. The Kier molecular flexibility index (Phi) is 10.00. The lowest BCUT2D eigenvalue weighted by Gasteiger charge is -2.31. The number of halogens is 1. The van der Waals surface area contributed by atoms with E-state index in [1.165, 1.54) is 21.9 Å². The molecule has 8 nitrogen and oxygen atoms in total. The van der Waals surface area contributed by atoms with E-state index in [1.54, 1.807) is 6.20 Å². The van der Waals surface area contributed by atoms with Gasteiger partial charge in [-0.25, -0.2) is 9.18 Å². The minimum atomic E-state index is -0.396. The number of aromatic amines is 1. The summed E-state index contributed by atoms with van der Waals surface area (Å²) in [5.41, 5.74) is 16.2. The predicted octanol–water partition coefficient (Wildman–Crippen LogP) is 5.95. The highest BCUT2D eigenvalue weighted by Crippen LogP contribution is 2.31. The average Bonchev–Trinajstić information content (AvgIpc) is 3.40. The molecule has 0 saturated carbocycles. The fourth-order valence-corrected chi connectivity index (χ4v) is 6.61. The van der Waals surface area contributed by atoms with Crippen LogP contribution in [0.2, 0.25) is 0 Å². The molecule has 0 amide bonds. The monoisotopic (exact) mass is 603 g/mol. The Hall–Kier alpha value is -3.47. The fourth-order valence-electron chi connectivity index (χ4n) is 5.99. The standard InChI is InChI=1S/C33H42FN7OS/c1-3-22-16-21(7-4-6-20(2)35)17-27(30(22)34)29-18-24-19-41(33(42)40-31(24)39-29)26-12-10-23(11-13-26)28-9-5-8-25(38-28)14-15-43-32(36)37/h10-13,16-20,25,28,38H,3-9,14-15,35H2,1-2H3,(H3,36,37)(H,39,40,42)/t20-,25-,28-/m0/s1. The van der Waals surface area contributed by atoms with Crippen molar-refractivity contribution in [2.75, 3.05) is 5.75 Å². The lowest BCUT2D eigenvalue weighted by atomic mass is 9.92. The first-order valence-corrected chi connectivity index (χ1v) is 16.2. The van der Waals surface area contributed by atoms with Crippen molar-refractivity contribution in [1.29, 1.82) is 5.41 Å². The Balaban J connectivity index is 1.36. The summed E-state index contributed by atoms with van der Waals surface area (Å²) in [4.78, 5) is 20.6. The van der Waals surface area contributed by atoms with Gasteiger partial charge in [-0.2, -0.15) is 4.98 Å². The van der Waals surface area contributed by atoms with Gasteiger partial charge in [0.15, 0.2) is 5.17 Å². The van der Waals surface area contributed by atoms with E-state index in [-0.39, 0.29) is 23.1 Å². The summed E-state index contributed by atoms with van der Waals surface area (Å²) in [5.74, 6) is 0.594. The van der Waals surface area contributed by atoms with Crippen LogP contribution in [0.5, 0.6) is 0 Å². The number of fused-ring (bicyclic) bond motifs is 1. The van der Waals surface area contributed by atoms with Crippen molar-refractivity contribution in [2.24, 2.45) is 11.5 Å². The van der Waals surface area contributed by atoms with Crippen molar-refractivity contribution >= 4 is 28.0 Å². The molecule has 0 bridgehead atoms. The maximum Gasteiger partial charge on any atom is 0.354 e. The van der Waals surface area contributed by atoms with Gasteiger partial charge in [0.05, 0.1) is 11.4 Å². The van der Waals surface area contributed by atoms with Gasteiger partial charge in [0, 0.05) is 41.0 Å². The lowest BCUT2D eigenvalue weighted by Crippen LogP contribution is -2.37. The van der Waals surface area contributed by atoms with Crippen LogP contribution < -0.4 is 22.5 Å². The molecule has 2 aromatic carbocycles. The Labute approximate surface area is 256 Å². The van der Waals surface area contributed by atoms with Gasteiger partial charge < -0.3 is 21.8 Å². The molecule has 3 atom stereocenters. The van der Waals surface area contributed by atoms with Crippen LogP contribution in [0.15, 0.2) is 53.5 Å². The maximum absolute atomic E-state index is 15.5. The molecule has 1 aliphatic rings. The smallest absolute Gasteiger partial charge is 0.354 e. The molecule has 0 radical (unpaired) electrons. The Morgan fingerprint density at radius 2 is 2.02 bits per heavy atom. The highest BCUT2D eigenvalue weighted by Gasteiger charge is 2.22. The fraction of sp³-hybridized carbons (Fsp3) is 0.424. The number of aromatic nitrogens is 3. The minimum absolute atomic E-state index is 0.138. The largest absolute Gasteiger partial charge is 0.379 e. The van der Waals surface area contributed by atoms with Gasteiger partial charge in [0.1, 0.15) is 11.5 Å². The van der Waals surface area contributed by atoms with Crippen molar-refractivity contribution in [3.05, 3.63) is 81.7 Å². The molecule has 3 heterocycles. The predicted molar refractivity (Wildman–Crippen MR) is 176 cm³/mol. The molecule has 7 N–H and O–H groups in total. The second-order valence-corrected chi connectivity index (χ2v) is 12.8. The van der Waals surface area contributed by atoms with Crippen LogP contribution >= 0.6 is 11.8 Å². The number of H-pyrrole nitrogens is 1. The van der Waals surface area contributed by atoms with Gasteiger partial charge in [0.25, 0.3) is 0 Å². The quantitative estimate of drug-likeness (QED) is 0.106. The number of amidine groups is 1. The number of rotatable bonds is 11. The van der Waals surface area contributed by atoms with E-state index in [4.69, 9.17) is 16.9 Å². The molecule has 0 spiro atoms. The summed E-state index contributed by atoms with van der Waals surface area (Å²) < 4.78 is 17.0. The SMILES string of the molecule is CCc1cc(CCC[C@H](C)N)cc(-c2cc3cn(-c4ccc([C@@H]5CCC[C@@H](CCSC(=N)N)N5)cc4)c(=O)nc3[nH]2)c1F. The first kappa shape index (κ1) is 31.0. The molecule has 2 aromatic heterocycles. The first-order chi connectivity index (χ1) is 20.7. The molecule has 0 aliphatic carbocycles. The zero-order valence-corrected chi connectivity index (χ0v) is 25.8. The van der Waals surface area contributed by atoms with Crippen molar-refractivity contribution in [3.8, 4) is 16.9 Å². The summed E-state index contributed by atoms with van der Waals surface area (Å²) in [6.45, 7) is 3.95. The maximum atomic E-state index is 15.5. The molecule has 0 unspecified atom stereocenters. The van der Waals surface area contributed by atoms with Crippen LogP contribution in [0, 0.1) is 11.2 Å². The van der Waals surface area contributed by atoms with Crippen molar-refractivity contribution in [1.82, 2.24) is 19.9 Å². The number of hydrogen-bond donors (Lipinski definition) is 5. The van der Waals surface area contributed by atoms with Crippen LogP contribution in [0.25, 0.3) is 28.0 Å². The molecule has 1 aliphatic heterocycles. The molecule has 1 saturated heterocycles. The van der Waals surface area contributed by atoms with Gasteiger partial charge >= 0.3 is 5.69 Å². The summed E-state index contributed by atoms with van der Waals surface area (Å²) in [5, 5.41) is 12.1. The van der Waals surface area contributed by atoms with Gasteiger partial charge in [-0.1, -0.05) is 43.3 Å². The van der Waals surface area contributed by atoms with E-state index < -0.39 is 5.69 Å². The number of nitrogens with one attached hydrogen (secondary N) is 3.